The van der Waals surface area contributed by atoms with Crippen LogP contribution in [0.15, 0.2) is 42.2 Å². The zero-order valence-electron chi connectivity index (χ0n) is 13.8. The van der Waals surface area contributed by atoms with Gasteiger partial charge in [0, 0.05) is 12.5 Å². The summed E-state index contributed by atoms with van der Waals surface area (Å²) >= 11 is 0. The van der Waals surface area contributed by atoms with Crippen LogP contribution >= 0.6 is 0 Å². The SMILES string of the molecule is COC1=CC(=O)NC(C(OCc2ccccc2)C(C)(C)C)C1. The zero-order valence-corrected chi connectivity index (χ0v) is 13.8. The molecule has 1 N–H and O–H groups in total. The number of hydrogen-bond donors (Lipinski definition) is 1. The van der Waals surface area contributed by atoms with Crippen LogP contribution in [0.3, 0.4) is 0 Å². The maximum atomic E-state index is 11.8. The molecule has 0 saturated carbocycles. The van der Waals surface area contributed by atoms with Gasteiger partial charge in [0.05, 0.1) is 25.9 Å². The first-order chi connectivity index (χ1) is 10.4. The topological polar surface area (TPSA) is 47.6 Å². The first-order valence-electron chi connectivity index (χ1n) is 7.60. The lowest BCUT2D eigenvalue weighted by Gasteiger charge is -2.38. The smallest absolute Gasteiger partial charge is 0.247 e. The van der Waals surface area contributed by atoms with E-state index >= 15 is 0 Å². The molecular formula is C18H25NO3. The maximum absolute atomic E-state index is 11.8. The second-order valence-corrected chi connectivity index (χ2v) is 6.72. The van der Waals surface area contributed by atoms with Gasteiger partial charge in [-0.25, -0.2) is 0 Å². The van der Waals surface area contributed by atoms with Gasteiger partial charge in [-0.2, -0.15) is 0 Å². The Morgan fingerprint density at radius 1 is 1.27 bits per heavy atom. The Hall–Kier alpha value is -1.81. The third kappa shape index (κ3) is 4.34. The van der Waals surface area contributed by atoms with E-state index in [-0.39, 0.29) is 23.5 Å². The van der Waals surface area contributed by atoms with Crippen LogP contribution in [0.4, 0.5) is 0 Å². The fourth-order valence-corrected chi connectivity index (χ4v) is 2.75. The van der Waals surface area contributed by atoms with Gasteiger partial charge < -0.3 is 14.8 Å². The van der Waals surface area contributed by atoms with Crippen molar-refractivity contribution in [2.24, 2.45) is 5.41 Å². The van der Waals surface area contributed by atoms with Crippen LogP contribution < -0.4 is 5.32 Å². The lowest BCUT2D eigenvalue weighted by atomic mass is 9.82. The Labute approximate surface area is 132 Å². The summed E-state index contributed by atoms with van der Waals surface area (Å²) in [6, 6.07) is 9.98. The van der Waals surface area contributed by atoms with Gasteiger partial charge in [-0.15, -0.1) is 0 Å². The van der Waals surface area contributed by atoms with Crippen LogP contribution in [0.5, 0.6) is 0 Å². The van der Waals surface area contributed by atoms with Gasteiger partial charge >= 0.3 is 0 Å². The average molecular weight is 303 g/mol. The molecule has 2 unspecified atom stereocenters. The van der Waals surface area contributed by atoms with Crippen LogP contribution in [-0.4, -0.2) is 25.2 Å². The molecule has 4 nitrogen and oxygen atoms in total. The van der Waals surface area contributed by atoms with E-state index in [1.165, 1.54) is 6.08 Å². The predicted molar refractivity (Wildman–Crippen MR) is 86.1 cm³/mol. The number of carbonyl (C=O) groups is 1. The van der Waals surface area contributed by atoms with Gasteiger partial charge in [-0.05, 0) is 11.0 Å². The van der Waals surface area contributed by atoms with E-state index in [9.17, 15) is 4.79 Å². The average Bonchev–Trinajstić information content (AvgIpc) is 2.46. The fraction of sp³-hybridized carbons (Fsp3) is 0.500. The number of ether oxygens (including phenoxy) is 2. The minimum absolute atomic E-state index is 0.0869. The molecule has 1 aromatic carbocycles. The molecule has 1 aromatic rings. The largest absolute Gasteiger partial charge is 0.501 e. The standard InChI is InChI=1S/C18H25NO3/c1-18(2,3)17(22-12-13-8-6-5-7-9-13)15-10-14(21-4)11-16(20)19-15/h5-9,11,15,17H,10,12H2,1-4H3,(H,19,20). The summed E-state index contributed by atoms with van der Waals surface area (Å²) in [6.45, 7) is 6.90. The fourth-order valence-electron chi connectivity index (χ4n) is 2.75. The van der Waals surface area contributed by atoms with E-state index in [1.807, 2.05) is 30.3 Å². The molecule has 1 aliphatic rings. The van der Waals surface area contributed by atoms with Crippen molar-refractivity contribution in [1.82, 2.24) is 5.32 Å². The Balaban J connectivity index is 2.10. The molecule has 0 fully saturated rings. The van der Waals surface area contributed by atoms with Crippen molar-refractivity contribution in [3.8, 4) is 0 Å². The highest BCUT2D eigenvalue weighted by atomic mass is 16.5. The van der Waals surface area contributed by atoms with E-state index in [4.69, 9.17) is 9.47 Å². The molecule has 0 radical (unpaired) electrons. The number of hydrogen-bond acceptors (Lipinski definition) is 3. The van der Waals surface area contributed by atoms with E-state index < -0.39 is 0 Å². The highest BCUT2D eigenvalue weighted by Gasteiger charge is 2.36. The molecule has 0 aliphatic carbocycles. The van der Waals surface area contributed by atoms with Crippen molar-refractivity contribution >= 4 is 5.91 Å². The second kappa shape index (κ2) is 6.97. The van der Waals surface area contributed by atoms with Crippen molar-refractivity contribution in [3.63, 3.8) is 0 Å². The van der Waals surface area contributed by atoms with Crippen molar-refractivity contribution in [2.45, 2.75) is 45.9 Å². The van der Waals surface area contributed by atoms with Gasteiger partial charge in [-0.1, -0.05) is 51.1 Å². The highest BCUT2D eigenvalue weighted by Crippen LogP contribution is 2.30. The van der Waals surface area contributed by atoms with E-state index in [1.54, 1.807) is 7.11 Å². The normalized spacial score (nSPS) is 20.1. The van der Waals surface area contributed by atoms with Crippen molar-refractivity contribution in [3.05, 3.63) is 47.7 Å². The van der Waals surface area contributed by atoms with Crippen LogP contribution in [0.2, 0.25) is 0 Å². The summed E-state index contributed by atoms with van der Waals surface area (Å²) in [5, 5.41) is 3.00. The maximum Gasteiger partial charge on any atom is 0.247 e. The molecule has 22 heavy (non-hydrogen) atoms. The first kappa shape index (κ1) is 16.6. The second-order valence-electron chi connectivity index (χ2n) is 6.72. The number of carbonyl (C=O) groups excluding carboxylic acids is 1. The molecule has 1 aliphatic heterocycles. The van der Waals surface area contributed by atoms with E-state index in [0.717, 1.165) is 5.56 Å². The minimum Gasteiger partial charge on any atom is -0.501 e. The monoisotopic (exact) mass is 303 g/mol. The lowest BCUT2D eigenvalue weighted by molar-refractivity contribution is -0.121. The van der Waals surface area contributed by atoms with Crippen molar-refractivity contribution in [1.29, 1.82) is 0 Å². The molecule has 2 atom stereocenters. The molecule has 1 heterocycles. The van der Waals surface area contributed by atoms with Crippen LogP contribution in [0, 0.1) is 5.41 Å². The summed E-state index contributed by atoms with van der Waals surface area (Å²) < 4.78 is 11.4. The summed E-state index contributed by atoms with van der Waals surface area (Å²) in [6.07, 6.45) is 2.06. The molecular weight excluding hydrogens is 278 g/mol. The van der Waals surface area contributed by atoms with Gasteiger partial charge in [0.15, 0.2) is 0 Å². The van der Waals surface area contributed by atoms with Gasteiger partial charge in [-0.3, -0.25) is 4.79 Å². The number of benzene rings is 1. The Morgan fingerprint density at radius 2 is 1.95 bits per heavy atom. The molecule has 0 bridgehead atoms. The third-order valence-corrected chi connectivity index (χ3v) is 3.79. The minimum atomic E-state index is -0.120. The molecule has 4 heteroatoms. The van der Waals surface area contributed by atoms with Crippen molar-refractivity contribution < 1.29 is 14.3 Å². The summed E-state index contributed by atoms with van der Waals surface area (Å²) in [4.78, 5) is 11.8. The quantitative estimate of drug-likeness (QED) is 0.909. The lowest BCUT2D eigenvalue weighted by Crippen LogP contribution is -2.51. The van der Waals surface area contributed by atoms with Crippen molar-refractivity contribution in [2.75, 3.05) is 7.11 Å². The Bertz CT molecular complexity index is 531. The van der Waals surface area contributed by atoms with Crippen LogP contribution in [0.1, 0.15) is 32.8 Å². The Morgan fingerprint density at radius 3 is 2.55 bits per heavy atom. The van der Waals surface area contributed by atoms with Gasteiger partial charge in [0.1, 0.15) is 5.76 Å². The number of nitrogens with one attached hydrogen (secondary N) is 1. The first-order valence-corrected chi connectivity index (χ1v) is 7.60. The highest BCUT2D eigenvalue weighted by molar-refractivity contribution is 5.89. The molecule has 0 spiro atoms. The third-order valence-electron chi connectivity index (χ3n) is 3.79. The molecule has 0 aromatic heterocycles. The number of methoxy groups -OCH3 is 1. The zero-order chi connectivity index (χ0) is 16.2. The van der Waals surface area contributed by atoms with Gasteiger partial charge in [0.25, 0.3) is 0 Å². The number of rotatable bonds is 5. The van der Waals surface area contributed by atoms with E-state index in [0.29, 0.717) is 18.8 Å². The van der Waals surface area contributed by atoms with Crippen LogP contribution in [0.25, 0.3) is 0 Å². The van der Waals surface area contributed by atoms with Gasteiger partial charge in [0.2, 0.25) is 5.91 Å². The predicted octanol–water partition coefficient (Wildman–Crippen LogP) is 3.04. The molecule has 1 amide bonds. The summed E-state index contributed by atoms with van der Waals surface area (Å²) in [7, 11) is 1.60. The summed E-state index contributed by atoms with van der Waals surface area (Å²) in [5.41, 5.74) is 1.03. The number of amides is 1. The molecule has 120 valence electrons. The van der Waals surface area contributed by atoms with E-state index in [2.05, 4.69) is 26.1 Å². The molecule has 2 rings (SSSR count). The van der Waals surface area contributed by atoms with Crippen LogP contribution in [-0.2, 0) is 20.9 Å². The Kier molecular flexibility index (Phi) is 5.24. The molecule has 0 saturated heterocycles. The summed E-state index contributed by atoms with van der Waals surface area (Å²) in [5.74, 6) is 0.581.